The summed E-state index contributed by atoms with van der Waals surface area (Å²) in [5.41, 5.74) is 5.95. The minimum Gasteiger partial charge on any atom is -0.392 e. The Morgan fingerprint density at radius 2 is 2.20 bits per heavy atom. The molecule has 1 aliphatic carbocycles. The second-order valence-corrected chi connectivity index (χ2v) is 3.64. The van der Waals surface area contributed by atoms with Gasteiger partial charge >= 0.3 is 0 Å². The summed E-state index contributed by atoms with van der Waals surface area (Å²) in [7, 11) is 0. The van der Waals surface area contributed by atoms with Crippen molar-refractivity contribution in [2.45, 2.75) is 31.2 Å². The third-order valence-electron chi connectivity index (χ3n) is 2.45. The van der Waals surface area contributed by atoms with E-state index in [4.69, 9.17) is 10.8 Å². The molecule has 0 fully saturated rings. The fraction of sp³-hybridized carbons (Fsp3) is 0.667. The normalized spacial score (nSPS) is 35.9. The first-order valence-corrected chi connectivity index (χ1v) is 4.67. The average molecular weight is 216 g/mol. The predicted octanol–water partition coefficient (Wildman–Crippen LogP) is -2.53. The van der Waals surface area contributed by atoms with Gasteiger partial charge in [0.15, 0.2) is 0 Å². The molecular formula is C9H16N2O4. The van der Waals surface area contributed by atoms with Gasteiger partial charge in [-0.05, 0) is 5.57 Å². The molecule has 0 heterocycles. The molecule has 6 nitrogen and oxygen atoms in total. The van der Waals surface area contributed by atoms with E-state index in [-0.39, 0.29) is 18.1 Å². The van der Waals surface area contributed by atoms with Crippen molar-refractivity contribution in [3.8, 4) is 0 Å². The Kier molecular flexibility index (Phi) is 3.81. The van der Waals surface area contributed by atoms with E-state index >= 15 is 0 Å². The van der Waals surface area contributed by atoms with E-state index in [9.17, 15) is 15.0 Å². The lowest BCUT2D eigenvalue weighted by Gasteiger charge is -2.35. The van der Waals surface area contributed by atoms with Crippen LogP contribution in [0, 0.1) is 0 Å². The van der Waals surface area contributed by atoms with E-state index in [2.05, 4.69) is 5.32 Å². The molecule has 6 N–H and O–H groups in total. The number of rotatable bonds is 2. The molecule has 1 rings (SSSR count). The fourth-order valence-electron chi connectivity index (χ4n) is 1.66. The predicted molar refractivity (Wildman–Crippen MR) is 52.8 cm³/mol. The zero-order valence-electron chi connectivity index (χ0n) is 8.42. The van der Waals surface area contributed by atoms with Crippen molar-refractivity contribution in [2.75, 3.05) is 6.61 Å². The summed E-state index contributed by atoms with van der Waals surface area (Å²) in [6.45, 7) is 0.940. The molecule has 0 aliphatic heterocycles. The van der Waals surface area contributed by atoms with Crippen LogP contribution in [-0.2, 0) is 4.79 Å². The maximum atomic E-state index is 10.8. The standard InChI is InChI=1S/C9H16N2O4/c1-4(13)11-7-6(10)2-5(3-12)8(14)9(7)15/h2,6-9,12,14-15H,3,10H2,1H3,(H,11,13)/t6-,7+,8-,9-/m1/s1. The van der Waals surface area contributed by atoms with Crippen LogP contribution in [0.15, 0.2) is 11.6 Å². The monoisotopic (exact) mass is 216 g/mol. The Balaban J connectivity index is 2.84. The minimum atomic E-state index is -1.20. The highest BCUT2D eigenvalue weighted by atomic mass is 16.3. The van der Waals surface area contributed by atoms with E-state index in [1.165, 1.54) is 13.0 Å². The lowest BCUT2D eigenvalue weighted by atomic mass is 9.87. The summed E-state index contributed by atoms with van der Waals surface area (Å²) in [5.74, 6) is -0.331. The number of nitrogens with two attached hydrogens (primary N) is 1. The van der Waals surface area contributed by atoms with Gasteiger partial charge in [0, 0.05) is 13.0 Å². The summed E-state index contributed by atoms with van der Waals surface area (Å²) < 4.78 is 0. The van der Waals surface area contributed by atoms with Crippen LogP contribution in [0.3, 0.4) is 0 Å². The first-order valence-electron chi connectivity index (χ1n) is 4.67. The molecule has 0 unspecified atom stereocenters. The largest absolute Gasteiger partial charge is 0.392 e. The number of aliphatic hydroxyl groups is 3. The van der Waals surface area contributed by atoms with Gasteiger partial charge in [0.1, 0.15) is 12.2 Å². The van der Waals surface area contributed by atoms with E-state index in [0.29, 0.717) is 0 Å². The first-order chi connectivity index (χ1) is 6.97. The van der Waals surface area contributed by atoms with E-state index in [0.717, 1.165) is 0 Å². The van der Waals surface area contributed by atoms with Crippen molar-refractivity contribution in [2.24, 2.45) is 5.73 Å². The molecule has 86 valence electrons. The molecule has 15 heavy (non-hydrogen) atoms. The highest BCUT2D eigenvalue weighted by molar-refractivity contribution is 5.73. The molecule has 0 radical (unpaired) electrons. The van der Waals surface area contributed by atoms with Gasteiger partial charge in [0.25, 0.3) is 0 Å². The van der Waals surface area contributed by atoms with Crippen molar-refractivity contribution >= 4 is 5.91 Å². The SMILES string of the molecule is CC(=O)N[C@@H]1[C@@H](O)[C@H](O)C(CO)=C[C@H]1N. The number of carbonyl (C=O) groups is 1. The molecule has 1 aliphatic rings. The van der Waals surface area contributed by atoms with Crippen LogP contribution < -0.4 is 11.1 Å². The van der Waals surface area contributed by atoms with Gasteiger partial charge in [-0.2, -0.15) is 0 Å². The van der Waals surface area contributed by atoms with Crippen LogP contribution in [0.1, 0.15) is 6.92 Å². The van der Waals surface area contributed by atoms with Crippen molar-refractivity contribution in [3.05, 3.63) is 11.6 Å². The van der Waals surface area contributed by atoms with E-state index in [1.807, 2.05) is 0 Å². The Morgan fingerprint density at radius 3 is 2.67 bits per heavy atom. The molecular weight excluding hydrogens is 200 g/mol. The fourth-order valence-corrected chi connectivity index (χ4v) is 1.66. The number of nitrogens with one attached hydrogen (secondary N) is 1. The van der Waals surface area contributed by atoms with Crippen LogP contribution in [0.5, 0.6) is 0 Å². The van der Waals surface area contributed by atoms with Gasteiger partial charge < -0.3 is 26.4 Å². The number of aliphatic hydroxyl groups excluding tert-OH is 3. The summed E-state index contributed by atoms with van der Waals surface area (Å²) >= 11 is 0. The minimum absolute atomic E-state index is 0.275. The van der Waals surface area contributed by atoms with Crippen LogP contribution in [-0.4, -0.2) is 52.1 Å². The van der Waals surface area contributed by atoms with Gasteiger partial charge in [0.05, 0.1) is 12.6 Å². The number of hydrogen-bond donors (Lipinski definition) is 5. The molecule has 0 spiro atoms. The Bertz CT molecular complexity index is 279. The molecule has 6 heteroatoms. The van der Waals surface area contributed by atoms with Gasteiger partial charge in [-0.25, -0.2) is 0 Å². The molecule has 0 aromatic carbocycles. The van der Waals surface area contributed by atoms with Gasteiger partial charge in [0.2, 0.25) is 5.91 Å². The lowest BCUT2D eigenvalue weighted by Crippen LogP contribution is -2.59. The van der Waals surface area contributed by atoms with Crippen LogP contribution in [0.25, 0.3) is 0 Å². The van der Waals surface area contributed by atoms with E-state index < -0.39 is 24.3 Å². The van der Waals surface area contributed by atoms with Gasteiger partial charge in [-0.15, -0.1) is 0 Å². The van der Waals surface area contributed by atoms with Crippen LogP contribution in [0.2, 0.25) is 0 Å². The highest BCUT2D eigenvalue weighted by Crippen LogP contribution is 2.18. The van der Waals surface area contributed by atoms with Crippen LogP contribution in [0.4, 0.5) is 0 Å². The van der Waals surface area contributed by atoms with Crippen molar-refractivity contribution < 1.29 is 20.1 Å². The molecule has 0 saturated heterocycles. The zero-order chi connectivity index (χ0) is 11.6. The number of carbonyl (C=O) groups excluding carboxylic acids is 1. The molecule has 4 atom stereocenters. The quantitative estimate of drug-likeness (QED) is 0.326. The number of amides is 1. The molecule has 0 saturated carbocycles. The second-order valence-electron chi connectivity index (χ2n) is 3.64. The summed E-state index contributed by atoms with van der Waals surface area (Å²) in [4.78, 5) is 10.8. The highest BCUT2D eigenvalue weighted by Gasteiger charge is 2.36. The zero-order valence-corrected chi connectivity index (χ0v) is 8.42. The Labute approximate surface area is 87.4 Å². The van der Waals surface area contributed by atoms with E-state index in [1.54, 1.807) is 0 Å². The van der Waals surface area contributed by atoms with Crippen LogP contribution >= 0.6 is 0 Å². The summed E-state index contributed by atoms with van der Waals surface area (Å²) in [6, 6.07) is -1.35. The Morgan fingerprint density at radius 1 is 1.60 bits per heavy atom. The maximum absolute atomic E-state index is 10.8. The first kappa shape index (κ1) is 12.1. The average Bonchev–Trinajstić information content (AvgIpc) is 2.18. The van der Waals surface area contributed by atoms with Crippen molar-refractivity contribution in [1.82, 2.24) is 5.32 Å². The number of hydrogen-bond acceptors (Lipinski definition) is 5. The third-order valence-corrected chi connectivity index (χ3v) is 2.45. The molecule has 1 amide bonds. The lowest BCUT2D eigenvalue weighted by molar-refractivity contribution is -0.121. The van der Waals surface area contributed by atoms with Gasteiger partial charge in [-0.1, -0.05) is 6.08 Å². The van der Waals surface area contributed by atoms with Gasteiger partial charge in [-0.3, -0.25) is 4.79 Å². The molecule has 0 aromatic heterocycles. The summed E-state index contributed by atoms with van der Waals surface area (Å²) in [6.07, 6.45) is -0.930. The summed E-state index contributed by atoms with van der Waals surface area (Å²) in [5, 5.41) is 30.6. The topological polar surface area (TPSA) is 116 Å². The smallest absolute Gasteiger partial charge is 0.217 e. The van der Waals surface area contributed by atoms with Crippen molar-refractivity contribution in [3.63, 3.8) is 0 Å². The van der Waals surface area contributed by atoms with Crippen molar-refractivity contribution in [1.29, 1.82) is 0 Å². The molecule has 0 bridgehead atoms. The Hall–Kier alpha value is -0.950. The maximum Gasteiger partial charge on any atom is 0.217 e. The second kappa shape index (κ2) is 4.71. The molecule has 0 aromatic rings. The third kappa shape index (κ3) is 2.54.